The Morgan fingerprint density at radius 2 is 2.15 bits per heavy atom. The molecule has 2 heterocycles. The minimum absolute atomic E-state index is 0.832. The molecular formula is C16H16BrN3. The Bertz CT molecular complexity index is 733. The normalized spacial score (nSPS) is 11.1. The van der Waals surface area contributed by atoms with Gasteiger partial charge in [-0.25, -0.2) is 0 Å². The average Bonchev–Trinajstić information content (AvgIpc) is 2.84. The first-order valence-electron chi connectivity index (χ1n) is 6.58. The third-order valence-corrected chi connectivity index (χ3v) is 3.82. The topological polar surface area (TPSA) is 29.9 Å². The number of fused-ring (bicyclic) bond motifs is 1. The Morgan fingerprint density at radius 1 is 1.25 bits per heavy atom. The van der Waals surface area contributed by atoms with Crippen molar-refractivity contribution in [3.8, 4) is 0 Å². The van der Waals surface area contributed by atoms with Crippen LogP contribution in [0.2, 0.25) is 0 Å². The van der Waals surface area contributed by atoms with Crippen LogP contribution in [0.25, 0.3) is 10.9 Å². The van der Waals surface area contributed by atoms with Crippen molar-refractivity contribution in [3.63, 3.8) is 0 Å². The van der Waals surface area contributed by atoms with Gasteiger partial charge in [0.15, 0.2) is 0 Å². The molecule has 1 N–H and O–H groups in total. The predicted molar refractivity (Wildman–Crippen MR) is 85.7 cm³/mol. The largest absolute Gasteiger partial charge is 0.343 e. The standard InChI is InChI=1S/C16H16BrN3/c1-18-9-13-3-2-4-16-15(13)5-6-20(16)11-12-7-14(17)10-19-8-12/h2-8,10,18H,9,11H2,1H3. The lowest BCUT2D eigenvalue weighted by Crippen LogP contribution is -2.05. The van der Waals surface area contributed by atoms with Gasteiger partial charge in [0.1, 0.15) is 0 Å². The summed E-state index contributed by atoms with van der Waals surface area (Å²) in [6, 6.07) is 10.7. The lowest BCUT2D eigenvalue weighted by molar-refractivity contribution is 0.820. The Morgan fingerprint density at radius 3 is 2.95 bits per heavy atom. The molecule has 3 aromatic rings. The van der Waals surface area contributed by atoms with Gasteiger partial charge in [0.05, 0.1) is 0 Å². The van der Waals surface area contributed by atoms with E-state index in [2.05, 4.69) is 67.3 Å². The molecule has 0 bridgehead atoms. The van der Waals surface area contributed by atoms with Gasteiger partial charge >= 0.3 is 0 Å². The number of nitrogens with one attached hydrogen (secondary N) is 1. The van der Waals surface area contributed by atoms with Gasteiger partial charge in [0, 0.05) is 47.1 Å². The van der Waals surface area contributed by atoms with Gasteiger partial charge in [-0.15, -0.1) is 0 Å². The fourth-order valence-corrected chi connectivity index (χ4v) is 2.92. The van der Waals surface area contributed by atoms with Crippen LogP contribution in [0.5, 0.6) is 0 Å². The van der Waals surface area contributed by atoms with Gasteiger partial charge in [-0.3, -0.25) is 4.98 Å². The van der Waals surface area contributed by atoms with E-state index in [-0.39, 0.29) is 0 Å². The minimum atomic E-state index is 0.832. The van der Waals surface area contributed by atoms with Crippen LogP contribution in [0, 0.1) is 0 Å². The number of hydrogen-bond donors (Lipinski definition) is 1. The van der Waals surface area contributed by atoms with E-state index in [0.717, 1.165) is 17.6 Å². The molecule has 102 valence electrons. The average molecular weight is 330 g/mol. The summed E-state index contributed by atoms with van der Waals surface area (Å²) in [6.45, 7) is 1.72. The first-order valence-corrected chi connectivity index (χ1v) is 7.38. The van der Waals surface area contributed by atoms with Crippen molar-refractivity contribution in [1.82, 2.24) is 14.9 Å². The Labute approximate surface area is 126 Å². The van der Waals surface area contributed by atoms with Crippen LogP contribution >= 0.6 is 15.9 Å². The van der Waals surface area contributed by atoms with Crippen LogP contribution < -0.4 is 5.32 Å². The van der Waals surface area contributed by atoms with Crippen molar-refractivity contribution >= 4 is 26.8 Å². The molecule has 0 atom stereocenters. The van der Waals surface area contributed by atoms with E-state index in [1.807, 2.05) is 19.4 Å². The summed E-state index contributed by atoms with van der Waals surface area (Å²) in [5.41, 5.74) is 3.78. The summed E-state index contributed by atoms with van der Waals surface area (Å²) in [5, 5.41) is 4.53. The van der Waals surface area contributed by atoms with Gasteiger partial charge < -0.3 is 9.88 Å². The van der Waals surface area contributed by atoms with Crippen molar-refractivity contribution in [2.75, 3.05) is 7.05 Å². The van der Waals surface area contributed by atoms with Gasteiger partial charge in [-0.2, -0.15) is 0 Å². The van der Waals surface area contributed by atoms with E-state index in [1.165, 1.54) is 22.0 Å². The molecule has 0 aliphatic rings. The molecule has 4 heteroatoms. The molecule has 0 spiro atoms. The monoisotopic (exact) mass is 329 g/mol. The minimum Gasteiger partial charge on any atom is -0.343 e. The fourth-order valence-electron chi connectivity index (χ4n) is 2.51. The summed E-state index contributed by atoms with van der Waals surface area (Å²) >= 11 is 3.47. The van der Waals surface area contributed by atoms with E-state index in [9.17, 15) is 0 Å². The Balaban J connectivity index is 1.98. The molecular weight excluding hydrogens is 314 g/mol. The summed E-state index contributed by atoms with van der Waals surface area (Å²) in [7, 11) is 1.98. The van der Waals surface area contributed by atoms with E-state index >= 15 is 0 Å². The van der Waals surface area contributed by atoms with Crippen LogP contribution in [0.3, 0.4) is 0 Å². The number of rotatable bonds is 4. The quantitative estimate of drug-likeness (QED) is 0.793. The number of benzene rings is 1. The van der Waals surface area contributed by atoms with Gasteiger partial charge in [0.2, 0.25) is 0 Å². The number of aromatic nitrogens is 2. The van der Waals surface area contributed by atoms with Gasteiger partial charge in [-0.1, -0.05) is 12.1 Å². The Kier molecular flexibility index (Phi) is 3.85. The summed E-state index contributed by atoms with van der Waals surface area (Å²) in [6.07, 6.45) is 5.86. The third kappa shape index (κ3) is 2.62. The third-order valence-electron chi connectivity index (χ3n) is 3.39. The van der Waals surface area contributed by atoms with Crippen LogP contribution in [0.4, 0.5) is 0 Å². The molecule has 3 rings (SSSR count). The van der Waals surface area contributed by atoms with Crippen molar-refractivity contribution in [2.24, 2.45) is 0 Å². The number of nitrogens with zero attached hydrogens (tertiary/aromatic N) is 2. The van der Waals surface area contributed by atoms with Crippen LogP contribution in [0.1, 0.15) is 11.1 Å². The lowest BCUT2D eigenvalue weighted by atomic mass is 10.1. The van der Waals surface area contributed by atoms with Crippen molar-refractivity contribution in [1.29, 1.82) is 0 Å². The van der Waals surface area contributed by atoms with E-state index in [4.69, 9.17) is 0 Å². The number of halogens is 1. The molecule has 0 saturated heterocycles. The highest BCUT2D eigenvalue weighted by molar-refractivity contribution is 9.10. The number of hydrogen-bond acceptors (Lipinski definition) is 2. The zero-order valence-electron chi connectivity index (χ0n) is 11.3. The molecule has 0 saturated carbocycles. The van der Waals surface area contributed by atoms with E-state index < -0.39 is 0 Å². The number of pyridine rings is 1. The highest BCUT2D eigenvalue weighted by Gasteiger charge is 2.06. The first kappa shape index (κ1) is 13.3. The highest BCUT2D eigenvalue weighted by Crippen LogP contribution is 2.21. The maximum Gasteiger partial charge on any atom is 0.0491 e. The molecule has 0 fully saturated rings. The second-order valence-corrected chi connectivity index (χ2v) is 5.75. The predicted octanol–water partition coefficient (Wildman–Crippen LogP) is 3.57. The Hall–Kier alpha value is -1.65. The SMILES string of the molecule is CNCc1cccc2c1ccn2Cc1cncc(Br)c1. The molecule has 20 heavy (non-hydrogen) atoms. The summed E-state index contributed by atoms with van der Waals surface area (Å²) in [4.78, 5) is 4.22. The van der Waals surface area contributed by atoms with Crippen LogP contribution in [-0.2, 0) is 13.1 Å². The second-order valence-electron chi connectivity index (χ2n) is 4.84. The molecule has 0 radical (unpaired) electrons. The van der Waals surface area contributed by atoms with Crippen molar-refractivity contribution in [2.45, 2.75) is 13.1 Å². The first-order chi connectivity index (χ1) is 9.78. The smallest absolute Gasteiger partial charge is 0.0491 e. The summed E-state index contributed by atoms with van der Waals surface area (Å²) in [5.74, 6) is 0. The van der Waals surface area contributed by atoms with Crippen molar-refractivity contribution in [3.05, 3.63) is 64.5 Å². The van der Waals surface area contributed by atoms with Crippen molar-refractivity contribution < 1.29 is 0 Å². The van der Waals surface area contributed by atoms with Gasteiger partial charge in [0.25, 0.3) is 0 Å². The molecule has 3 nitrogen and oxygen atoms in total. The van der Waals surface area contributed by atoms with E-state index in [1.54, 1.807) is 0 Å². The zero-order chi connectivity index (χ0) is 13.9. The summed E-state index contributed by atoms with van der Waals surface area (Å²) < 4.78 is 3.28. The zero-order valence-corrected chi connectivity index (χ0v) is 12.9. The molecule has 0 aliphatic heterocycles. The maximum atomic E-state index is 4.22. The molecule has 0 unspecified atom stereocenters. The maximum absolute atomic E-state index is 4.22. The molecule has 1 aromatic carbocycles. The van der Waals surface area contributed by atoms with Crippen LogP contribution in [-0.4, -0.2) is 16.6 Å². The second kappa shape index (κ2) is 5.77. The molecule has 2 aromatic heterocycles. The lowest BCUT2D eigenvalue weighted by Gasteiger charge is -2.07. The van der Waals surface area contributed by atoms with Crippen LogP contribution in [0.15, 0.2) is 53.4 Å². The fraction of sp³-hybridized carbons (Fsp3) is 0.188. The van der Waals surface area contributed by atoms with E-state index in [0.29, 0.717) is 0 Å². The van der Waals surface area contributed by atoms with Gasteiger partial charge in [-0.05, 0) is 52.3 Å². The highest BCUT2D eigenvalue weighted by atomic mass is 79.9. The molecule has 0 amide bonds. The molecule has 0 aliphatic carbocycles.